The molecule has 1 unspecified atom stereocenters. The molecule has 1 aliphatic heterocycles. The Bertz CT molecular complexity index is 276. The maximum atomic E-state index is 5.34. The summed E-state index contributed by atoms with van der Waals surface area (Å²) in [6.07, 6.45) is 4.80. The molecule has 1 saturated heterocycles. The topological polar surface area (TPSA) is 48.9 Å². The Morgan fingerprint density at radius 2 is 2.10 bits per heavy atom. The second-order valence-electron chi connectivity index (χ2n) is 5.33. The van der Waals surface area contributed by atoms with Crippen molar-refractivity contribution in [3.05, 3.63) is 0 Å². The van der Waals surface area contributed by atoms with Gasteiger partial charge in [0.05, 0.1) is 6.54 Å². The van der Waals surface area contributed by atoms with E-state index in [0.717, 1.165) is 51.6 Å². The molecule has 1 aliphatic rings. The minimum absolute atomic E-state index is 0. The van der Waals surface area contributed by atoms with Crippen LogP contribution in [0.5, 0.6) is 0 Å². The largest absolute Gasteiger partial charge is 0.382 e. The van der Waals surface area contributed by atoms with Gasteiger partial charge in [0.2, 0.25) is 0 Å². The average Bonchev–Trinajstić information content (AvgIpc) is 2.85. The molecule has 5 nitrogen and oxygen atoms in total. The number of hydrogen-bond acceptors (Lipinski definition) is 3. The highest BCUT2D eigenvalue weighted by Crippen LogP contribution is 2.14. The van der Waals surface area contributed by atoms with E-state index in [4.69, 9.17) is 9.73 Å². The Morgan fingerprint density at radius 3 is 2.71 bits per heavy atom. The predicted octanol–water partition coefficient (Wildman–Crippen LogP) is 2.07. The third-order valence-corrected chi connectivity index (χ3v) is 3.69. The second-order valence-corrected chi connectivity index (χ2v) is 5.33. The van der Waals surface area contributed by atoms with Crippen molar-refractivity contribution >= 4 is 29.9 Å². The average molecular weight is 412 g/mol. The molecule has 0 saturated carbocycles. The van der Waals surface area contributed by atoms with E-state index in [1.165, 1.54) is 19.4 Å². The van der Waals surface area contributed by atoms with Crippen molar-refractivity contribution in [2.45, 2.75) is 45.6 Å². The van der Waals surface area contributed by atoms with Crippen LogP contribution >= 0.6 is 24.0 Å². The molecule has 1 rings (SSSR count). The van der Waals surface area contributed by atoms with Crippen molar-refractivity contribution in [1.82, 2.24) is 15.5 Å². The molecule has 1 heterocycles. The quantitative estimate of drug-likeness (QED) is 0.264. The Kier molecular flexibility index (Phi) is 13.5. The summed E-state index contributed by atoms with van der Waals surface area (Å²) in [6, 6.07) is 0.614. The molecule has 2 N–H and O–H groups in total. The number of hydrogen-bond donors (Lipinski definition) is 2. The van der Waals surface area contributed by atoms with Gasteiger partial charge in [-0.25, -0.2) is 0 Å². The van der Waals surface area contributed by atoms with Crippen molar-refractivity contribution in [2.24, 2.45) is 4.99 Å². The fraction of sp³-hybridized carbons (Fsp3) is 0.933. The van der Waals surface area contributed by atoms with Crippen molar-refractivity contribution in [3.8, 4) is 0 Å². The molecule has 21 heavy (non-hydrogen) atoms. The normalized spacial score (nSPS) is 19.4. The summed E-state index contributed by atoms with van der Waals surface area (Å²) < 4.78 is 5.34. The van der Waals surface area contributed by atoms with E-state index in [9.17, 15) is 0 Å². The smallest absolute Gasteiger partial charge is 0.191 e. The molecule has 0 radical (unpaired) electrons. The van der Waals surface area contributed by atoms with E-state index in [-0.39, 0.29) is 24.0 Å². The lowest BCUT2D eigenvalue weighted by Crippen LogP contribution is -2.39. The number of nitrogens with one attached hydrogen (secondary N) is 2. The molecule has 6 heteroatoms. The van der Waals surface area contributed by atoms with E-state index in [2.05, 4.69) is 29.5 Å². The van der Waals surface area contributed by atoms with Gasteiger partial charge in [-0.2, -0.15) is 0 Å². The number of likely N-dealkylation sites (N-methyl/N-ethyl adjacent to an activating group) is 1. The molecule has 0 bridgehead atoms. The van der Waals surface area contributed by atoms with Crippen molar-refractivity contribution in [1.29, 1.82) is 0 Å². The first-order valence-electron chi connectivity index (χ1n) is 8.08. The number of halogens is 1. The number of aliphatic imine (C=N–C) groups is 1. The summed E-state index contributed by atoms with van der Waals surface area (Å²) in [5.74, 6) is 0.948. The van der Waals surface area contributed by atoms with Crippen LogP contribution in [0.2, 0.25) is 0 Å². The molecule has 1 fully saturated rings. The van der Waals surface area contributed by atoms with E-state index >= 15 is 0 Å². The number of unbranched alkanes of at least 4 members (excludes halogenated alkanes) is 1. The van der Waals surface area contributed by atoms with Crippen LogP contribution in [0.1, 0.15) is 39.5 Å². The molecular weight excluding hydrogens is 379 g/mol. The zero-order valence-corrected chi connectivity index (χ0v) is 16.2. The molecule has 1 atom stereocenters. The maximum Gasteiger partial charge on any atom is 0.191 e. The van der Waals surface area contributed by atoms with Crippen molar-refractivity contribution < 1.29 is 4.74 Å². The van der Waals surface area contributed by atoms with Crippen LogP contribution < -0.4 is 10.6 Å². The molecule has 0 aliphatic carbocycles. The monoisotopic (exact) mass is 412 g/mol. The van der Waals surface area contributed by atoms with Gasteiger partial charge >= 0.3 is 0 Å². The van der Waals surface area contributed by atoms with E-state index in [0.29, 0.717) is 6.04 Å². The Morgan fingerprint density at radius 1 is 1.29 bits per heavy atom. The first-order valence-corrected chi connectivity index (χ1v) is 8.08. The van der Waals surface area contributed by atoms with Crippen LogP contribution in [-0.4, -0.2) is 63.3 Å². The summed E-state index contributed by atoms with van der Waals surface area (Å²) in [7, 11) is 2.20. The Labute approximate surface area is 147 Å². The van der Waals surface area contributed by atoms with Crippen LogP contribution in [0, 0.1) is 0 Å². The zero-order chi connectivity index (χ0) is 14.6. The van der Waals surface area contributed by atoms with Gasteiger partial charge in [0.25, 0.3) is 0 Å². The summed E-state index contributed by atoms with van der Waals surface area (Å²) in [5, 5.41) is 6.71. The first-order chi connectivity index (χ1) is 9.77. The van der Waals surface area contributed by atoms with Gasteiger partial charge in [-0.3, -0.25) is 4.99 Å². The molecule has 0 spiro atoms. The predicted molar refractivity (Wildman–Crippen MR) is 101 cm³/mol. The zero-order valence-electron chi connectivity index (χ0n) is 13.9. The first kappa shape index (κ1) is 20.9. The fourth-order valence-corrected chi connectivity index (χ4v) is 2.43. The lowest BCUT2D eigenvalue weighted by Gasteiger charge is -2.18. The van der Waals surface area contributed by atoms with Crippen LogP contribution in [0.15, 0.2) is 4.99 Å². The molecule has 0 aromatic heterocycles. The summed E-state index contributed by atoms with van der Waals surface area (Å²) >= 11 is 0. The van der Waals surface area contributed by atoms with E-state index in [1.54, 1.807) is 0 Å². The fourth-order valence-electron chi connectivity index (χ4n) is 2.43. The minimum atomic E-state index is 0. The highest BCUT2D eigenvalue weighted by molar-refractivity contribution is 14.0. The summed E-state index contributed by atoms with van der Waals surface area (Å²) in [5.41, 5.74) is 0. The number of ether oxygens (including phenoxy) is 1. The molecule has 0 aromatic rings. The van der Waals surface area contributed by atoms with Gasteiger partial charge in [0.1, 0.15) is 0 Å². The van der Waals surface area contributed by atoms with Gasteiger partial charge in [0.15, 0.2) is 5.96 Å². The van der Waals surface area contributed by atoms with Gasteiger partial charge in [-0.15, -0.1) is 24.0 Å². The molecule has 0 amide bonds. The van der Waals surface area contributed by atoms with Gasteiger partial charge in [-0.05, 0) is 53.1 Å². The van der Waals surface area contributed by atoms with Gasteiger partial charge in [0, 0.05) is 32.3 Å². The SMILES string of the molecule is CCNC(=NCC1CCCN1C)NCCCCOCC.I. The summed E-state index contributed by atoms with van der Waals surface area (Å²) in [6.45, 7) is 9.78. The van der Waals surface area contributed by atoms with Crippen molar-refractivity contribution in [3.63, 3.8) is 0 Å². The molecule has 0 aromatic carbocycles. The second kappa shape index (κ2) is 13.6. The standard InChI is InChI=1S/C15H32N4O.HI/c1-4-16-15(17-10-6-7-12-20-5-2)18-13-14-9-8-11-19(14)3;/h14H,4-13H2,1-3H3,(H2,16,17,18);1H. The number of likely N-dealkylation sites (tertiary alicyclic amines) is 1. The van der Waals surface area contributed by atoms with Gasteiger partial charge < -0.3 is 20.3 Å². The Hall–Kier alpha value is -0.0800. The highest BCUT2D eigenvalue weighted by atomic mass is 127. The number of guanidine groups is 1. The minimum Gasteiger partial charge on any atom is -0.382 e. The van der Waals surface area contributed by atoms with Crippen LogP contribution in [0.25, 0.3) is 0 Å². The number of rotatable bonds is 9. The maximum absolute atomic E-state index is 5.34. The summed E-state index contributed by atoms with van der Waals surface area (Å²) in [4.78, 5) is 7.11. The third kappa shape index (κ3) is 9.52. The molecular formula is C15H33IN4O. The number of nitrogens with zero attached hydrogens (tertiary/aromatic N) is 2. The van der Waals surface area contributed by atoms with Crippen molar-refractivity contribution in [2.75, 3.05) is 46.4 Å². The van der Waals surface area contributed by atoms with E-state index in [1.807, 2.05) is 6.92 Å². The molecule has 126 valence electrons. The van der Waals surface area contributed by atoms with Gasteiger partial charge in [-0.1, -0.05) is 0 Å². The Balaban J connectivity index is 0.00000400. The lowest BCUT2D eigenvalue weighted by atomic mass is 10.2. The highest BCUT2D eigenvalue weighted by Gasteiger charge is 2.20. The van der Waals surface area contributed by atoms with E-state index < -0.39 is 0 Å². The van der Waals surface area contributed by atoms with Crippen LogP contribution in [-0.2, 0) is 4.74 Å². The lowest BCUT2D eigenvalue weighted by molar-refractivity contribution is 0.143. The third-order valence-electron chi connectivity index (χ3n) is 3.69. The van der Waals surface area contributed by atoms with Crippen LogP contribution in [0.3, 0.4) is 0 Å². The van der Waals surface area contributed by atoms with Crippen LogP contribution in [0.4, 0.5) is 0 Å².